The third-order valence-corrected chi connectivity index (χ3v) is 3.92. The lowest BCUT2D eigenvalue weighted by Gasteiger charge is -2.03. The van der Waals surface area contributed by atoms with E-state index in [2.05, 4.69) is 16.4 Å². The largest absolute Gasteiger partial charge is 0.387 e. The van der Waals surface area contributed by atoms with Gasteiger partial charge in [-0.05, 0) is 30.5 Å². The fourth-order valence-corrected chi connectivity index (χ4v) is 2.85. The Morgan fingerprint density at radius 2 is 2.27 bits per heavy atom. The Bertz CT molecular complexity index is 409. The van der Waals surface area contributed by atoms with Gasteiger partial charge in [-0.3, -0.25) is 4.98 Å². The molecule has 4 heteroatoms. The summed E-state index contributed by atoms with van der Waals surface area (Å²) in [7, 11) is 0. The van der Waals surface area contributed by atoms with E-state index in [1.807, 2.05) is 18.2 Å². The van der Waals surface area contributed by atoms with E-state index in [0.717, 1.165) is 4.90 Å². The van der Waals surface area contributed by atoms with Gasteiger partial charge in [0.1, 0.15) is 0 Å². The second-order valence-electron chi connectivity index (χ2n) is 3.13. The lowest BCUT2D eigenvalue weighted by atomic mass is 10.2. The highest BCUT2D eigenvalue weighted by atomic mass is 32.2. The number of rotatable bonds is 3. The molecule has 0 fully saturated rings. The molecule has 2 aromatic heterocycles. The van der Waals surface area contributed by atoms with Crippen molar-refractivity contribution in [1.82, 2.24) is 4.98 Å². The summed E-state index contributed by atoms with van der Waals surface area (Å²) in [6.45, 7) is 1.72. The first kappa shape index (κ1) is 10.7. The molecule has 0 aromatic carbocycles. The zero-order valence-corrected chi connectivity index (χ0v) is 9.89. The van der Waals surface area contributed by atoms with Gasteiger partial charge >= 0.3 is 0 Å². The number of pyridine rings is 1. The van der Waals surface area contributed by atoms with Crippen molar-refractivity contribution in [1.29, 1.82) is 0 Å². The second kappa shape index (κ2) is 4.79. The molecule has 2 heterocycles. The summed E-state index contributed by atoms with van der Waals surface area (Å²) in [5.74, 6) is 0. The molecule has 0 aliphatic rings. The summed E-state index contributed by atoms with van der Waals surface area (Å²) >= 11 is 3.40. The molecule has 0 bridgehead atoms. The molecular formula is C11H11NOS2. The monoisotopic (exact) mass is 237 g/mol. The SMILES string of the molecule is C[C@@H](O)c1ccc(Sc2cccs2)cn1. The number of hydrogen-bond donors (Lipinski definition) is 1. The van der Waals surface area contributed by atoms with Crippen molar-refractivity contribution in [2.45, 2.75) is 22.1 Å². The first-order valence-electron chi connectivity index (χ1n) is 4.61. The summed E-state index contributed by atoms with van der Waals surface area (Å²) in [5.41, 5.74) is 0.713. The predicted molar refractivity (Wildman–Crippen MR) is 63.3 cm³/mol. The Balaban J connectivity index is 2.11. The van der Waals surface area contributed by atoms with Gasteiger partial charge in [0.2, 0.25) is 0 Å². The molecule has 78 valence electrons. The van der Waals surface area contributed by atoms with Crippen LogP contribution in [0.3, 0.4) is 0 Å². The molecule has 0 aliphatic heterocycles. The first-order chi connectivity index (χ1) is 7.25. The average Bonchev–Trinajstić information content (AvgIpc) is 2.71. The number of hydrogen-bond acceptors (Lipinski definition) is 4. The molecule has 0 radical (unpaired) electrons. The smallest absolute Gasteiger partial charge is 0.0931 e. The van der Waals surface area contributed by atoms with Gasteiger partial charge in [-0.2, -0.15) is 0 Å². The summed E-state index contributed by atoms with van der Waals surface area (Å²) < 4.78 is 1.25. The maximum absolute atomic E-state index is 9.30. The van der Waals surface area contributed by atoms with Gasteiger partial charge in [0.15, 0.2) is 0 Å². The maximum Gasteiger partial charge on any atom is 0.0931 e. The molecule has 2 aromatic rings. The van der Waals surface area contributed by atoms with Crippen LogP contribution >= 0.6 is 23.1 Å². The first-order valence-corrected chi connectivity index (χ1v) is 6.30. The van der Waals surface area contributed by atoms with Crippen molar-refractivity contribution in [2.75, 3.05) is 0 Å². The van der Waals surface area contributed by atoms with Crippen LogP contribution < -0.4 is 0 Å². The molecule has 0 saturated heterocycles. The van der Waals surface area contributed by atoms with Crippen molar-refractivity contribution in [3.8, 4) is 0 Å². The van der Waals surface area contributed by atoms with Crippen molar-refractivity contribution >= 4 is 23.1 Å². The lowest BCUT2D eigenvalue weighted by molar-refractivity contribution is 0.194. The van der Waals surface area contributed by atoms with Crippen LogP contribution in [-0.2, 0) is 0 Å². The zero-order valence-electron chi connectivity index (χ0n) is 8.25. The van der Waals surface area contributed by atoms with Gasteiger partial charge in [-0.25, -0.2) is 0 Å². The van der Waals surface area contributed by atoms with Gasteiger partial charge in [-0.15, -0.1) is 11.3 Å². The summed E-state index contributed by atoms with van der Waals surface area (Å²) in [5, 5.41) is 11.4. The molecular weight excluding hydrogens is 226 g/mol. The van der Waals surface area contributed by atoms with Gasteiger partial charge in [0, 0.05) is 11.1 Å². The van der Waals surface area contributed by atoms with Crippen molar-refractivity contribution in [3.63, 3.8) is 0 Å². The molecule has 0 spiro atoms. The maximum atomic E-state index is 9.30. The Morgan fingerprint density at radius 3 is 2.80 bits per heavy atom. The third kappa shape index (κ3) is 2.81. The minimum Gasteiger partial charge on any atom is -0.387 e. The topological polar surface area (TPSA) is 33.1 Å². The van der Waals surface area contributed by atoms with Crippen LogP contribution in [0.1, 0.15) is 18.7 Å². The minimum absolute atomic E-state index is 0.495. The molecule has 0 amide bonds. The van der Waals surface area contributed by atoms with Crippen molar-refractivity contribution in [3.05, 3.63) is 41.5 Å². The molecule has 2 nitrogen and oxygen atoms in total. The minimum atomic E-state index is -0.495. The van der Waals surface area contributed by atoms with Crippen molar-refractivity contribution in [2.24, 2.45) is 0 Å². The van der Waals surface area contributed by atoms with Crippen LogP contribution in [0.5, 0.6) is 0 Å². The molecule has 15 heavy (non-hydrogen) atoms. The molecule has 1 atom stereocenters. The van der Waals surface area contributed by atoms with E-state index in [1.165, 1.54) is 4.21 Å². The number of nitrogens with zero attached hydrogens (tertiary/aromatic N) is 1. The molecule has 0 aliphatic carbocycles. The van der Waals surface area contributed by atoms with E-state index in [-0.39, 0.29) is 0 Å². The number of thiophene rings is 1. The summed E-state index contributed by atoms with van der Waals surface area (Å²) in [6, 6.07) is 7.96. The third-order valence-electron chi connectivity index (χ3n) is 1.90. The lowest BCUT2D eigenvalue weighted by Crippen LogP contribution is -1.93. The van der Waals surface area contributed by atoms with Gasteiger partial charge in [0.25, 0.3) is 0 Å². The highest BCUT2D eigenvalue weighted by Crippen LogP contribution is 2.30. The standard InChI is InChI=1S/C11H11NOS2/c1-8(13)10-5-4-9(7-12-10)15-11-3-2-6-14-11/h2-8,13H,1H3/t8-/m1/s1. The molecule has 1 N–H and O–H groups in total. The second-order valence-corrected chi connectivity index (χ2v) is 5.45. The van der Waals surface area contributed by atoms with Crippen LogP contribution in [-0.4, -0.2) is 10.1 Å². The highest BCUT2D eigenvalue weighted by molar-refractivity contribution is 8.01. The van der Waals surface area contributed by atoms with E-state index < -0.39 is 6.10 Å². The van der Waals surface area contributed by atoms with Crippen molar-refractivity contribution < 1.29 is 5.11 Å². The quantitative estimate of drug-likeness (QED) is 0.888. The van der Waals surface area contributed by atoms with Crippen LogP contribution in [0, 0.1) is 0 Å². The van der Waals surface area contributed by atoms with E-state index in [4.69, 9.17) is 0 Å². The van der Waals surface area contributed by atoms with Gasteiger partial charge in [-0.1, -0.05) is 17.8 Å². The van der Waals surface area contributed by atoms with Crippen LogP contribution in [0.2, 0.25) is 0 Å². The fourth-order valence-electron chi connectivity index (χ4n) is 1.14. The number of aliphatic hydroxyl groups is 1. The average molecular weight is 237 g/mol. The summed E-state index contributed by atoms with van der Waals surface area (Å²) in [6.07, 6.45) is 1.30. The highest BCUT2D eigenvalue weighted by Gasteiger charge is 2.03. The number of aliphatic hydroxyl groups excluding tert-OH is 1. The van der Waals surface area contributed by atoms with Crippen LogP contribution in [0.4, 0.5) is 0 Å². The normalized spacial score (nSPS) is 12.7. The number of aromatic nitrogens is 1. The Kier molecular flexibility index (Phi) is 3.41. The van der Waals surface area contributed by atoms with Crippen LogP contribution in [0.15, 0.2) is 44.9 Å². The van der Waals surface area contributed by atoms with E-state index in [0.29, 0.717) is 5.69 Å². The molecule has 2 rings (SSSR count). The Labute approximate surface area is 97.0 Å². The predicted octanol–water partition coefficient (Wildman–Crippen LogP) is 3.35. The van der Waals surface area contributed by atoms with E-state index in [9.17, 15) is 5.11 Å². The Morgan fingerprint density at radius 1 is 1.40 bits per heavy atom. The van der Waals surface area contributed by atoms with E-state index >= 15 is 0 Å². The summed E-state index contributed by atoms with van der Waals surface area (Å²) in [4.78, 5) is 5.29. The van der Waals surface area contributed by atoms with Crippen LogP contribution in [0.25, 0.3) is 0 Å². The Hall–Kier alpha value is -0.840. The van der Waals surface area contributed by atoms with E-state index in [1.54, 1.807) is 36.2 Å². The molecule has 0 unspecified atom stereocenters. The molecule has 0 saturated carbocycles. The van der Waals surface area contributed by atoms with Gasteiger partial charge in [0.05, 0.1) is 16.0 Å². The fraction of sp³-hybridized carbons (Fsp3) is 0.182. The zero-order chi connectivity index (χ0) is 10.7. The van der Waals surface area contributed by atoms with Gasteiger partial charge < -0.3 is 5.11 Å².